The van der Waals surface area contributed by atoms with Crippen LogP contribution in [0.5, 0.6) is 5.75 Å². The third-order valence-electron chi connectivity index (χ3n) is 4.41. The molecule has 1 aliphatic heterocycles. The normalized spacial score (nSPS) is 26.3. The summed E-state index contributed by atoms with van der Waals surface area (Å²) < 4.78 is 9.47. The molecule has 124 valence electrons. The van der Waals surface area contributed by atoms with Crippen molar-refractivity contribution >= 4 is 18.0 Å². The highest BCUT2D eigenvalue weighted by Crippen LogP contribution is 2.36. The molecule has 1 aliphatic carbocycles. The lowest BCUT2D eigenvalue weighted by Gasteiger charge is -2.30. The lowest BCUT2D eigenvalue weighted by Crippen LogP contribution is -2.33. The molecule has 5 heteroatoms. The van der Waals surface area contributed by atoms with Gasteiger partial charge < -0.3 is 14.3 Å². The lowest BCUT2D eigenvalue weighted by atomic mass is 9.72. The van der Waals surface area contributed by atoms with E-state index in [1.807, 2.05) is 31.2 Å². The number of ketones is 1. The lowest BCUT2D eigenvalue weighted by molar-refractivity contribution is -0.157. The Morgan fingerprint density at radius 2 is 1.96 bits per heavy atom. The number of ether oxygens (including phenoxy) is 2. The second-order valence-electron chi connectivity index (χ2n) is 5.92. The van der Waals surface area contributed by atoms with Gasteiger partial charge in [0.15, 0.2) is 5.78 Å². The predicted octanol–water partition coefficient (Wildman–Crippen LogP) is 2.53. The molecule has 1 heterocycles. The van der Waals surface area contributed by atoms with Crippen molar-refractivity contribution in [1.29, 1.82) is 0 Å². The first-order valence-electron chi connectivity index (χ1n) is 7.85. The minimum absolute atomic E-state index is 0.0528. The van der Waals surface area contributed by atoms with Gasteiger partial charge in [0.1, 0.15) is 18.6 Å². The van der Waals surface area contributed by atoms with E-state index in [2.05, 4.69) is 4.74 Å². The summed E-state index contributed by atoms with van der Waals surface area (Å²) in [6, 6.07) is 7.56. The van der Waals surface area contributed by atoms with Crippen LogP contribution in [0.25, 0.3) is 0 Å². The van der Waals surface area contributed by atoms with Crippen LogP contribution in [-0.4, -0.2) is 31.8 Å². The van der Waals surface area contributed by atoms with Gasteiger partial charge in [0.2, 0.25) is 0 Å². The topological polar surface area (TPSA) is 69.7 Å². The summed E-state index contributed by atoms with van der Waals surface area (Å²) >= 11 is 0. The van der Waals surface area contributed by atoms with Crippen molar-refractivity contribution in [2.45, 2.75) is 32.1 Å². The van der Waals surface area contributed by atoms with Gasteiger partial charge in [-0.25, -0.2) is 0 Å². The number of benzene rings is 1. The first-order valence-corrected chi connectivity index (χ1v) is 7.85. The molecule has 3 unspecified atom stereocenters. The Morgan fingerprint density at radius 3 is 2.48 bits per heavy atom. The van der Waals surface area contributed by atoms with E-state index in [9.17, 15) is 14.4 Å². The van der Waals surface area contributed by atoms with Crippen LogP contribution in [-0.2, 0) is 19.1 Å². The molecular formula is C18H22O5. The molecule has 0 aromatic heterocycles. The van der Waals surface area contributed by atoms with Crippen molar-refractivity contribution in [3.63, 3.8) is 0 Å². The van der Waals surface area contributed by atoms with Crippen LogP contribution in [0, 0.1) is 11.8 Å². The van der Waals surface area contributed by atoms with Crippen molar-refractivity contribution < 1.29 is 23.9 Å². The number of cyclic esters (lactones) is 1. The van der Waals surface area contributed by atoms with E-state index >= 15 is 0 Å². The number of carbonyl (C=O) groups excluding carboxylic acids is 3. The van der Waals surface area contributed by atoms with E-state index in [0.717, 1.165) is 30.4 Å². The highest BCUT2D eigenvalue weighted by Gasteiger charge is 2.36. The fraction of sp³-hybridized carbons (Fsp3) is 0.500. The molecular weight excluding hydrogens is 296 g/mol. The molecule has 1 aromatic rings. The summed E-state index contributed by atoms with van der Waals surface area (Å²) in [5, 5.41) is 0. The molecule has 2 fully saturated rings. The van der Waals surface area contributed by atoms with Crippen molar-refractivity contribution in [1.82, 2.24) is 0 Å². The van der Waals surface area contributed by atoms with Crippen LogP contribution < -0.4 is 4.74 Å². The fourth-order valence-electron chi connectivity index (χ4n) is 2.84. The number of aldehydes is 1. The summed E-state index contributed by atoms with van der Waals surface area (Å²) in [4.78, 5) is 33.0. The maximum atomic E-state index is 12.3. The smallest absolute Gasteiger partial charge is 0.309 e. The van der Waals surface area contributed by atoms with Gasteiger partial charge in [-0.15, -0.1) is 0 Å². The van der Waals surface area contributed by atoms with Crippen molar-refractivity contribution in [3.8, 4) is 5.75 Å². The highest BCUT2D eigenvalue weighted by atomic mass is 16.6. The fourth-order valence-corrected chi connectivity index (χ4v) is 2.84. The average molecular weight is 318 g/mol. The standard InChI is InChI=1S/C15H18O3.C3H4O2/c1-10-6-7-13(15(17)14(10)9-16)11-4-3-5-12(8-11)18-2;4-3-1-2-5-3/h3-5,8-10,13-14H,6-7H2,1-2H3;1-2H2. The minimum Gasteiger partial charge on any atom is -0.497 e. The predicted molar refractivity (Wildman–Crippen MR) is 84.3 cm³/mol. The van der Waals surface area contributed by atoms with E-state index in [4.69, 9.17) is 4.74 Å². The molecule has 0 spiro atoms. The number of rotatable bonds is 3. The van der Waals surface area contributed by atoms with Gasteiger partial charge in [0, 0.05) is 5.92 Å². The first kappa shape index (κ1) is 17.2. The third kappa shape index (κ3) is 4.18. The Bertz CT molecular complexity index is 575. The molecule has 23 heavy (non-hydrogen) atoms. The van der Waals surface area contributed by atoms with Gasteiger partial charge in [-0.1, -0.05) is 19.1 Å². The SMILES string of the molecule is COc1cccc(C2CCC(C)C(C=O)C2=O)c1.O=C1CCO1. The zero-order valence-electron chi connectivity index (χ0n) is 13.5. The summed E-state index contributed by atoms with van der Waals surface area (Å²) in [7, 11) is 1.61. The van der Waals surface area contributed by atoms with E-state index in [0.29, 0.717) is 13.0 Å². The molecule has 0 bridgehead atoms. The molecule has 0 N–H and O–H groups in total. The third-order valence-corrected chi connectivity index (χ3v) is 4.41. The Balaban J connectivity index is 0.000000326. The maximum Gasteiger partial charge on any atom is 0.309 e. The molecule has 0 amide bonds. The van der Waals surface area contributed by atoms with E-state index in [1.54, 1.807) is 7.11 Å². The van der Waals surface area contributed by atoms with Crippen molar-refractivity contribution in [2.75, 3.05) is 13.7 Å². The van der Waals surface area contributed by atoms with Crippen LogP contribution in [0.2, 0.25) is 0 Å². The van der Waals surface area contributed by atoms with Crippen LogP contribution >= 0.6 is 0 Å². The van der Waals surface area contributed by atoms with E-state index < -0.39 is 5.92 Å². The van der Waals surface area contributed by atoms with E-state index in [1.165, 1.54) is 0 Å². The molecule has 2 aliphatic rings. The highest BCUT2D eigenvalue weighted by molar-refractivity contribution is 5.98. The number of hydrogen-bond acceptors (Lipinski definition) is 5. The number of methoxy groups -OCH3 is 1. The molecule has 0 radical (unpaired) electrons. The van der Waals surface area contributed by atoms with Gasteiger partial charge >= 0.3 is 5.97 Å². The first-order chi connectivity index (χ1) is 11.1. The second-order valence-corrected chi connectivity index (χ2v) is 5.92. The van der Waals surface area contributed by atoms with Gasteiger partial charge in [-0.2, -0.15) is 0 Å². The number of Topliss-reactive ketones (excluding diaryl/α,β-unsaturated/α-hetero) is 1. The molecule has 3 rings (SSSR count). The average Bonchev–Trinajstić information content (AvgIpc) is 2.54. The maximum absolute atomic E-state index is 12.3. The monoisotopic (exact) mass is 318 g/mol. The van der Waals surface area contributed by atoms with Gasteiger partial charge in [0.05, 0.1) is 19.4 Å². The van der Waals surface area contributed by atoms with Crippen LogP contribution in [0.1, 0.15) is 37.7 Å². The second kappa shape index (κ2) is 7.90. The summed E-state index contributed by atoms with van der Waals surface area (Å²) in [5.74, 6) is 0.293. The van der Waals surface area contributed by atoms with Crippen molar-refractivity contribution in [3.05, 3.63) is 29.8 Å². The zero-order chi connectivity index (χ0) is 16.8. The largest absolute Gasteiger partial charge is 0.497 e. The number of hydrogen-bond donors (Lipinski definition) is 0. The van der Waals surface area contributed by atoms with E-state index in [-0.39, 0.29) is 23.6 Å². The minimum atomic E-state index is -0.449. The summed E-state index contributed by atoms with van der Waals surface area (Å²) in [6.45, 7) is 2.61. The molecule has 1 saturated heterocycles. The number of carbonyl (C=O) groups is 3. The molecule has 5 nitrogen and oxygen atoms in total. The van der Waals surface area contributed by atoms with Crippen LogP contribution in [0.4, 0.5) is 0 Å². The summed E-state index contributed by atoms with van der Waals surface area (Å²) in [6.07, 6.45) is 3.16. The Labute approximate surface area is 136 Å². The molecule has 1 saturated carbocycles. The van der Waals surface area contributed by atoms with Gasteiger partial charge in [0.25, 0.3) is 0 Å². The Kier molecular flexibility index (Phi) is 5.90. The van der Waals surface area contributed by atoms with Gasteiger partial charge in [-0.3, -0.25) is 9.59 Å². The zero-order valence-corrected chi connectivity index (χ0v) is 13.5. The quantitative estimate of drug-likeness (QED) is 0.486. The van der Waals surface area contributed by atoms with Crippen molar-refractivity contribution in [2.24, 2.45) is 11.8 Å². The Morgan fingerprint density at radius 1 is 1.26 bits per heavy atom. The summed E-state index contributed by atoms with van der Waals surface area (Å²) in [5.41, 5.74) is 0.957. The number of esters is 1. The van der Waals surface area contributed by atoms with Crippen LogP contribution in [0.3, 0.4) is 0 Å². The van der Waals surface area contributed by atoms with Crippen LogP contribution in [0.15, 0.2) is 24.3 Å². The molecule has 1 aromatic carbocycles. The Hall–Kier alpha value is -2.17. The molecule has 3 atom stereocenters. The van der Waals surface area contributed by atoms with Gasteiger partial charge in [-0.05, 0) is 36.5 Å².